The molecule has 13 heavy (non-hydrogen) atoms. The Balaban J connectivity index is 2.46. The molecule has 2 unspecified atom stereocenters. The molecular formula is C10H11F2N. The Morgan fingerprint density at radius 3 is 2.62 bits per heavy atom. The number of rotatable bonds is 1. The second-order valence-electron chi connectivity index (χ2n) is 3.77. The van der Waals surface area contributed by atoms with Crippen molar-refractivity contribution >= 4 is 0 Å². The van der Waals surface area contributed by atoms with Gasteiger partial charge in [-0.15, -0.1) is 0 Å². The average molecular weight is 183 g/mol. The molecule has 0 radical (unpaired) electrons. The van der Waals surface area contributed by atoms with Gasteiger partial charge in [-0.05, 0) is 30.5 Å². The maximum Gasteiger partial charge on any atom is 0.128 e. The first-order valence-corrected chi connectivity index (χ1v) is 4.28. The van der Waals surface area contributed by atoms with Crippen molar-refractivity contribution in [1.82, 2.24) is 0 Å². The van der Waals surface area contributed by atoms with Crippen LogP contribution in [0.15, 0.2) is 18.2 Å². The maximum absolute atomic E-state index is 13.2. The summed E-state index contributed by atoms with van der Waals surface area (Å²) in [7, 11) is 0. The van der Waals surface area contributed by atoms with E-state index in [0.717, 1.165) is 18.6 Å². The monoisotopic (exact) mass is 183 g/mol. The van der Waals surface area contributed by atoms with E-state index in [1.165, 1.54) is 6.07 Å². The molecule has 0 aliphatic heterocycles. The van der Waals surface area contributed by atoms with Crippen molar-refractivity contribution in [2.24, 2.45) is 11.7 Å². The van der Waals surface area contributed by atoms with Crippen LogP contribution < -0.4 is 5.73 Å². The summed E-state index contributed by atoms with van der Waals surface area (Å²) in [4.78, 5) is 0. The second-order valence-corrected chi connectivity index (χ2v) is 3.77. The quantitative estimate of drug-likeness (QED) is 0.709. The zero-order valence-corrected chi connectivity index (χ0v) is 7.35. The Morgan fingerprint density at radius 1 is 1.46 bits per heavy atom. The fraction of sp³-hybridized carbons (Fsp3) is 0.400. The lowest BCUT2D eigenvalue weighted by molar-refractivity contribution is 0.544. The van der Waals surface area contributed by atoms with E-state index in [9.17, 15) is 8.78 Å². The van der Waals surface area contributed by atoms with Crippen LogP contribution >= 0.6 is 0 Å². The van der Waals surface area contributed by atoms with Crippen molar-refractivity contribution in [3.8, 4) is 0 Å². The lowest BCUT2D eigenvalue weighted by Gasteiger charge is -2.11. The molecule has 1 fully saturated rings. The van der Waals surface area contributed by atoms with Crippen molar-refractivity contribution in [1.29, 1.82) is 0 Å². The van der Waals surface area contributed by atoms with E-state index in [-0.39, 0.29) is 5.92 Å². The molecule has 0 saturated heterocycles. The van der Waals surface area contributed by atoms with Crippen LogP contribution in [0, 0.1) is 17.6 Å². The summed E-state index contributed by atoms with van der Waals surface area (Å²) in [6.07, 6.45) is 0.730. The summed E-state index contributed by atoms with van der Waals surface area (Å²) in [5.41, 5.74) is 5.55. The highest BCUT2D eigenvalue weighted by atomic mass is 19.1. The molecule has 1 aromatic carbocycles. The summed E-state index contributed by atoms with van der Waals surface area (Å²) in [5.74, 6) is -0.600. The van der Waals surface area contributed by atoms with E-state index in [1.807, 2.05) is 6.92 Å². The van der Waals surface area contributed by atoms with E-state index in [2.05, 4.69) is 0 Å². The van der Waals surface area contributed by atoms with Gasteiger partial charge < -0.3 is 5.73 Å². The molecule has 1 aliphatic carbocycles. The first-order valence-electron chi connectivity index (χ1n) is 4.28. The molecule has 70 valence electrons. The Bertz CT molecular complexity index is 351. The van der Waals surface area contributed by atoms with Crippen LogP contribution in [0.2, 0.25) is 0 Å². The van der Waals surface area contributed by atoms with Crippen molar-refractivity contribution in [2.45, 2.75) is 18.9 Å². The summed E-state index contributed by atoms with van der Waals surface area (Å²) in [6.45, 7) is 1.93. The molecule has 0 bridgehead atoms. The minimum Gasteiger partial charge on any atom is -0.321 e. The predicted octanol–water partition coefficient (Wildman–Crippen LogP) is 2.16. The van der Waals surface area contributed by atoms with Crippen LogP contribution in [0.3, 0.4) is 0 Å². The molecule has 3 heteroatoms. The Labute approximate surface area is 75.6 Å². The van der Waals surface area contributed by atoms with Gasteiger partial charge in [0.15, 0.2) is 0 Å². The van der Waals surface area contributed by atoms with Crippen LogP contribution in [0.1, 0.15) is 18.9 Å². The number of benzene rings is 1. The molecule has 1 aromatic rings. The van der Waals surface area contributed by atoms with E-state index < -0.39 is 17.2 Å². The second kappa shape index (κ2) is 2.51. The van der Waals surface area contributed by atoms with E-state index in [0.29, 0.717) is 5.56 Å². The first kappa shape index (κ1) is 8.63. The molecule has 1 nitrogen and oxygen atoms in total. The minimum absolute atomic E-state index is 0.240. The molecule has 0 aromatic heterocycles. The maximum atomic E-state index is 13.2. The third kappa shape index (κ3) is 1.23. The predicted molar refractivity (Wildman–Crippen MR) is 46.0 cm³/mol. The van der Waals surface area contributed by atoms with Gasteiger partial charge in [0, 0.05) is 11.1 Å². The van der Waals surface area contributed by atoms with Gasteiger partial charge >= 0.3 is 0 Å². The zero-order chi connectivity index (χ0) is 9.64. The normalized spacial score (nSPS) is 31.8. The highest BCUT2D eigenvalue weighted by Gasteiger charge is 2.50. The third-order valence-corrected chi connectivity index (χ3v) is 2.79. The van der Waals surface area contributed by atoms with Gasteiger partial charge in [0.05, 0.1) is 0 Å². The topological polar surface area (TPSA) is 26.0 Å². The average Bonchev–Trinajstić information content (AvgIpc) is 2.66. The summed E-state index contributed by atoms with van der Waals surface area (Å²) in [6, 6.07) is 3.43. The standard InChI is InChI=1S/C10H11F2N/c1-6-5-10(6,13)8-4-7(11)2-3-9(8)12/h2-4,6H,5,13H2,1H3. The molecule has 1 aliphatic rings. The largest absolute Gasteiger partial charge is 0.321 e. The molecule has 2 rings (SSSR count). The minimum atomic E-state index is -0.633. The number of hydrogen-bond acceptors (Lipinski definition) is 1. The van der Waals surface area contributed by atoms with E-state index >= 15 is 0 Å². The Morgan fingerprint density at radius 2 is 2.08 bits per heavy atom. The number of hydrogen-bond donors (Lipinski definition) is 1. The van der Waals surface area contributed by atoms with Crippen LogP contribution in [0.25, 0.3) is 0 Å². The lowest BCUT2D eigenvalue weighted by Crippen LogP contribution is -2.23. The molecule has 2 atom stereocenters. The highest BCUT2D eigenvalue weighted by molar-refractivity contribution is 5.33. The SMILES string of the molecule is CC1CC1(N)c1cc(F)ccc1F. The zero-order valence-electron chi connectivity index (χ0n) is 7.35. The highest BCUT2D eigenvalue weighted by Crippen LogP contribution is 2.49. The van der Waals surface area contributed by atoms with Gasteiger partial charge in [0.25, 0.3) is 0 Å². The molecule has 2 N–H and O–H groups in total. The van der Waals surface area contributed by atoms with Crippen LogP contribution in [-0.2, 0) is 5.54 Å². The van der Waals surface area contributed by atoms with Crippen LogP contribution in [0.4, 0.5) is 8.78 Å². The molecule has 0 amide bonds. The Hall–Kier alpha value is -0.960. The molecular weight excluding hydrogens is 172 g/mol. The van der Waals surface area contributed by atoms with Gasteiger partial charge in [0.1, 0.15) is 11.6 Å². The Kier molecular flexibility index (Phi) is 1.67. The first-order chi connectivity index (χ1) is 6.04. The fourth-order valence-corrected chi connectivity index (χ4v) is 1.68. The van der Waals surface area contributed by atoms with Crippen molar-refractivity contribution < 1.29 is 8.78 Å². The summed E-state index contributed by atoms with van der Waals surface area (Å²) >= 11 is 0. The third-order valence-electron chi connectivity index (χ3n) is 2.79. The van der Waals surface area contributed by atoms with Gasteiger partial charge in [-0.3, -0.25) is 0 Å². The van der Waals surface area contributed by atoms with Crippen LogP contribution in [0.5, 0.6) is 0 Å². The van der Waals surface area contributed by atoms with Crippen molar-refractivity contribution in [2.75, 3.05) is 0 Å². The van der Waals surface area contributed by atoms with Gasteiger partial charge in [-0.2, -0.15) is 0 Å². The van der Waals surface area contributed by atoms with Gasteiger partial charge in [-0.25, -0.2) is 8.78 Å². The van der Waals surface area contributed by atoms with Crippen LogP contribution in [-0.4, -0.2) is 0 Å². The summed E-state index contributed by atoms with van der Waals surface area (Å²) in [5, 5.41) is 0. The molecule has 0 heterocycles. The molecule has 0 spiro atoms. The van der Waals surface area contributed by atoms with Gasteiger partial charge in [0.2, 0.25) is 0 Å². The fourth-order valence-electron chi connectivity index (χ4n) is 1.68. The van der Waals surface area contributed by atoms with E-state index in [1.54, 1.807) is 0 Å². The van der Waals surface area contributed by atoms with Crippen molar-refractivity contribution in [3.63, 3.8) is 0 Å². The van der Waals surface area contributed by atoms with E-state index in [4.69, 9.17) is 5.73 Å². The number of nitrogens with two attached hydrogens (primary N) is 1. The lowest BCUT2D eigenvalue weighted by atomic mass is 10.0. The number of halogens is 2. The van der Waals surface area contributed by atoms with Gasteiger partial charge in [-0.1, -0.05) is 6.92 Å². The summed E-state index contributed by atoms with van der Waals surface area (Å²) < 4.78 is 26.0. The smallest absolute Gasteiger partial charge is 0.128 e. The van der Waals surface area contributed by atoms with Crippen molar-refractivity contribution in [3.05, 3.63) is 35.4 Å². The molecule has 1 saturated carbocycles.